The third-order valence-electron chi connectivity index (χ3n) is 4.60. The lowest BCUT2D eigenvalue weighted by atomic mass is 10.0. The minimum atomic E-state index is -0.356. The van der Waals surface area contributed by atoms with E-state index in [2.05, 4.69) is 21.2 Å². The first kappa shape index (κ1) is 19.0. The highest BCUT2D eigenvalue weighted by Gasteiger charge is 2.30. The Kier molecular flexibility index (Phi) is 5.68. The van der Waals surface area contributed by atoms with E-state index in [1.165, 1.54) is 23.5 Å². The Morgan fingerprint density at radius 1 is 1.18 bits per heavy atom. The summed E-state index contributed by atoms with van der Waals surface area (Å²) in [7, 11) is 0. The van der Waals surface area contributed by atoms with Crippen LogP contribution in [-0.2, 0) is 11.3 Å². The third kappa shape index (κ3) is 4.39. The summed E-state index contributed by atoms with van der Waals surface area (Å²) >= 11 is 7.42. The molecule has 0 saturated carbocycles. The highest BCUT2D eigenvalue weighted by Crippen LogP contribution is 2.24. The summed E-state index contributed by atoms with van der Waals surface area (Å²) in [6.45, 7) is 0.372. The van der Waals surface area contributed by atoms with Crippen LogP contribution in [-0.4, -0.2) is 16.9 Å². The van der Waals surface area contributed by atoms with Gasteiger partial charge in [-0.05, 0) is 36.2 Å². The van der Waals surface area contributed by atoms with E-state index in [-0.39, 0.29) is 23.8 Å². The molecule has 5 nitrogen and oxygen atoms in total. The van der Waals surface area contributed by atoms with Gasteiger partial charge in [0.15, 0.2) is 0 Å². The Morgan fingerprint density at radius 3 is 2.68 bits per heavy atom. The molecule has 1 aliphatic rings. The molecule has 144 valence electrons. The van der Waals surface area contributed by atoms with Crippen molar-refractivity contribution in [1.82, 2.24) is 21.2 Å². The molecule has 3 N–H and O–H groups in total. The molecular weight excluding hydrogens is 399 g/mol. The highest BCUT2D eigenvalue weighted by molar-refractivity contribution is 7.09. The summed E-state index contributed by atoms with van der Waals surface area (Å²) in [5, 5.41) is 6.40. The van der Waals surface area contributed by atoms with E-state index in [0.29, 0.717) is 18.0 Å². The zero-order chi connectivity index (χ0) is 19.5. The van der Waals surface area contributed by atoms with E-state index in [0.717, 1.165) is 21.8 Å². The van der Waals surface area contributed by atoms with Crippen LogP contribution in [0.1, 0.15) is 23.0 Å². The van der Waals surface area contributed by atoms with Crippen LogP contribution in [0.2, 0.25) is 5.02 Å². The van der Waals surface area contributed by atoms with Gasteiger partial charge in [-0.2, -0.15) is 0 Å². The summed E-state index contributed by atoms with van der Waals surface area (Å²) in [4.78, 5) is 17.0. The number of rotatable bonds is 5. The molecule has 1 aromatic heterocycles. The van der Waals surface area contributed by atoms with Crippen molar-refractivity contribution >= 4 is 28.8 Å². The Bertz CT molecular complexity index is 961. The fourth-order valence-corrected chi connectivity index (χ4v) is 3.94. The topological polar surface area (TPSA) is 66.0 Å². The number of carbonyl (C=O) groups is 1. The lowest BCUT2D eigenvalue weighted by molar-refractivity contribution is -0.123. The molecule has 0 spiro atoms. The number of aromatic nitrogens is 1. The van der Waals surface area contributed by atoms with Gasteiger partial charge in [-0.1, -0.05) is 35.9 Å². The van der Waals surface area contributed by atoms with Gasteiger partial charge in [0.05, 0.1) is 12.2 Å². The summed E-state index contributed by atoms with van der Waals surface area (Å²) in [5.74, 6) is -0.370. The minimum absolute atomic E-state index is 0.0345. The Hall–Kier alpha value is -2.32. The van der Waals surface area contributed by atoms with Crippen molar-refractivity contribution in [2.24, 2.45) is 0 Å². The van der Waals surface area contributed by atoms with Gasteiger partial charge >= 0.3 is 0 Å². The monoisotopic (exact) mass is 416 g/mol. The number of benzene rings is 2. The van der Waals surface area contributed by atoms with Crippen molar-refractivity contribution in [3.8, 4) is 11.3 Å². The van der Waals surface area contributed by atoms with Gasteiger partial charge < -0.3 is 5.32 Å². The molecular formula is C20H18ClFN4OS. The molecule has 1 saturated heterocycles. The van der Waals surface area contributed by atoms with Gasteiger partial charge in [0.1, 0.15) is 16.9 Å². The number of halogens is 2. The van der Waals surface area contributed by atoms with E-state index in [1.54, 1.807) is 12.1 Å². The van der Waals surface area contributed by atoms with Gasteiger partial charge in [-0.3, -0.25) is 4.79 Å². The van der Waals surface area contributed by atoms with E-state index >= 15 is 0 Å². The predicted molar refractivity (Wildman–Crippen MR) is 108 cm³/mol. The molecule has 28 heavy (non-hydrogen) atoms. The second kappa shape index (κ2) is 8.36. The molecule has 0 radical (unpaired) electrons. The standard InChI is InChI=1S/C20H18ClFN4OS/c21-14-5-1-13(2-6-14)18-11-28-19(24-18)10-23-20(27)17-9-16(25-26-17)12-3-7-15(22)8-4-12/h1-8,11,16-17,25-26H,9-10H2,(H,23,27). The Morgan fingerprint density at radius 2 is 1.93 bits per heavy atom. The first-order valence-corrected chi connectivity index (χ1v) is 10.1. The lowest BCUT2D eigenvalue weighted by Gasteiger charge is -2.10. The largest absolute Gasteiger partial charge is 0.348 e. The molecule has 1 aliphatic heterocycles. The number of nitrogens with zero attached hydrogens (tertiary/aromatic N) is 1. The maximum absolute atomic E-state index is 13.1. The van der Waals surface area contributed by atoms with Crippen LogP contribution < -0.4 is 16.2 Å². The van der Waals surface area contributed by atoms with Crippen LogP contribution in [0.4, 0.5) is 4.39 Å². The zero-order valence-electron chi connectivity index (χ0n) is 14.8. The van der Waals surface area contributed by atoms with Crippen molar-refractivity contribution in [3.05, 3.63) is 75.3 Å². The van der Waals surface area contributed by atoms with Gasteiger partial charge in [0.2, 0.25) is 5.91 Å². The van der Waals surface area contributed by atoms with Crippen LogP contribution >= 0.6 is 22.9 Å². The van der Waals surface area contributed by atoms with E-state index in [4.69, 9.17) is 11.6 Å². The van der Waals surface area contributed by atoms with Crippen molar-refractivity contribution in [2.45, 2.75) is 25.0 Å². The number of hydrazine groups is 1. The number of hydrogen-bond donors (Lipinski definition) is 3. The van der Waals surface area contributed by atoms with E-state index < -0.39 is 0 Å². The second-order valence-corrected chi connectivity index (χ2v) is 7.91. The number of hydrogen-bond acceptors (Lipinski definition) is 5. The summed E-state index contributed by atoms with van der Waals surface area (Å²) in [6, 6.07) is 13.4. The molecule has 3 aromatic rings. The van der Waals surface area contributed by atoms with Crippen LogP contribution in [0.25, 0.3) is 11.3 Å². The van der Waals surface area contributed by atoms with Crippen LogP contribution in [0.15, 0.2) is 53.9 Å². The number of carbonyl (C=O) groups excluding carboxylic acids is 1. The van der Waals surface area contributed by atoms with Crippen LogP contribution in [0, 0.1) is 5.82 Å². The maximum atomic E-state index is 13.1. The Balaban J connectivity index is 1.31. The first-order valence-electron chi connectivity index (χ1n) is 8.83. The molecule has 1 amide bonds. The Labute approximate surface area is 170 Å². The fraction of sp³-hybridized carbons (Fsp3) is 0.200. The van der Waals surface area contributed by atoms with Gasteiger partial charge in [-0.25, -0.2) is 20.2 Å². The van der Waals surface area contributed by atoms with Crippen LogP contribution in [0.3, 0.4) is 0 Å². The summed E-state index contributed by atoms with van der Waals surface area (Å²) < 4.78 is 13.1. The highest BCUT2D eigenvalue weighted by atomic mass is 35.5. The minimum Gasteiger partial charge on any atom is -0.348 e. The van der Waals surface area contributed by atoms with E-state index in [1.807, 2.05) is 29.6 Å². The molecule has 1 fully saturated rings. The average molecular weight is 417 g/mol. The average Bonchev–Trinajstić information content (AvgIpc) is 3.37. The fourth-order valence-electron chi connectivity index (χ4n) is 3.07. The van der Waals surface area contributed by atoms with Crippen molar-refractivity contribution in [1.29, 1.82) is 0 Å². The lowest BCUT2D eigenvalue weighted by Crippen LogP contribution is -2.42. The van der Waals surface area contributed by atoms with Crippen molar-refractivity contribution in [2.75, 3.05) is 0 Å². The number of thiazole rings is 1. The molecule has 2 heterocycles. The second-order valence-electron chi connectivity index (χ2n) is 6.53. The quantitative estimate of drug-likeness (QED) is 0.591. The molecule has 0 aliphatic carbocycles. The zero-order valence-corrected chi connectivity index (χ0v) is 16.4. The SMILES string of the molecule is O=C(NCc1nc(-c2ccc(Cl)cc2)cs1)C1CC(c2ccc(F)cc2)NN1. The molecule has 2 unspecified atom stereocenters. The summed E-state index contributed by atoms with van der Waals surface area (Å²) in [6.07, 6.45) is 0.589. The smallest absolute Gasteiger partial charge is 0.238 e. The molecule has 2 atom stereocenters. The molecule has 2 aromatic carbocycles. The first-order chi connectivity index (χ1) is 13.6. The molecule has 4 rings (SSSR count). The van der Waals surface area contributed by atoms with Gasteiger partial charge in [0, 0.05) is 22.0 Å². The summed E-state index contributed by atoms with van der Waals surface area (Å²) in [5.41, 5.74) is 8.89. The molecule has 0 bridgehead atoms. The van der Waals surface area contributed by atoms with E-state index in [9.17, 15) is 9.18 Å². The maximum Gasteiger partial charge on any atom is 0.238 e. The predicted octanol–water partition coefficient (Wildman–Crippen LogP) is 3.83. The number of nitrogens with one attached hydrogen (secondary N) is 3. The molecule has 8 heteroatoms. The van der Waals surface area contributed by atoms with Crippen LogP contribution in [0.5, 0.6) is 0 Å². The normalized spacial score (nSPS) is 18.9. The van der Waals surface area contributed by atoms with Gasteiger partial charge in [0.25, 0.3) is 0 Å². The van der Waals surface area contributed by atoms with Crippen molar-refractivity contribution < 1.29 is 9.18 Å². The van der Waals surface area contributed by atoms with Crippen molar-refractivity contribution in [3.63, 3.8) is 0 Å². The van der Waals surface area contributed by atoms with Gasteiger partial charge in [-0.15, -0.1) is 11.3 Å². The third-order valence-corrected chi connectivity index (χ3v) is 5.70. The number of amides is 1.